The molecule has 0 fully saturated rings. The number of para-hydroxylation sites is 2. The maximum Gasteiger partial charge on any atom is 0.119 e. The number of ether oxygens (including phenoxy) is 2. The first kappa shape index (κ1) is 24.0. The molecule has 135 valence electrons. The zero-order chi connectivity index (χ0) is 17.6. The first-order chi connectivity index (χ1) is 11.7. The SMILES string of the molecule is OCC(O)COc1ccccc1.OCC(O)COc1ccccc1.[Y]. The third kappa shape index (κ3) is 12.0. The van der Waals surface area contributed by atoms with E-state index in [4.69, 9.17) is 29.9 Å². The fraction of sp³-hybridized carbons (Fsp3) is 0.333. The van der Waals surface area contributed by atoms with Crippen LogP contribution < -0.4 is 9.47 Å². The minimum Gasteiger partial charge on any atom is -0.491 e. The fourth-order valence-corrected chi connectivity index (χ4v) is 1.52. The van der Waals surface area contributed by atoms with Crippen LogP contribution in [0.15, 0.2) is 60.7 Å². The third-order valence-corrected chi connectivity index (χ3v) is 2.79. The van der Waals surface area contributed by atoms with E-state index >= 15 is 0 Å². The van der Waals surface area contributed by atoms with Gasteiger partial charge in [-0.2, -0.15) is 0 Å². The predicted molar refractivity (Wildman–Crippen MR) is 90.1 cm³/mol. The second-order valence-corrected chi connectivity index (χ2v) is 4.92. The van der Waals surface area contributed by atoms with Gasteiger partial charge in [0, 0.05) is 32.7 Å². The Morgan fingerprint density at radius 1 is 0.640 bits per heavy atom. The van der Waals surface area contributed by atoms with Crippen molar-refractivity contribution in [2.45, 2.75) is 12.2 Å². The Kier molecular flexibility index (Phi) is 14.6. The number of aliphatic hydroxyl groups is 4. The summed E-state index contributed by atoms with van der Waals surface area (Å²) in [5, 5.41) is 34.9. The monoisotopic (exact) mass is 425 g/mol. The molecule has 2 aromatic carbocycles. The molecule has 6 nitrogen and oxygen atoms in total. The van der Waals surface area contributed by atoms with Crippen molar-refractivity contribution in [3.63, 3.8) is 0 Å². The molecule has 0 bridgehead atoms. The van der Waals surface area contributed by atoms with Gasteiger partial charge in [-0.3, -0.25) is 0 Å². The fourth-order valence-electron chi connectivity index (χ4n) is 1.52. The Morgan fingerprint density at radius 2 is 0.960 bits per heavy atom. The number of hydrogen-bond donors (Lipinski definition) is 4. The molecule has 2 atom stereocenters. The van der Waals surface area contributed by atoms with Crippen molar-refractivity contribution < 1.29 is 62.6 Å². The van der Waals surface area contributed by atoms with E-state index in [1.165, 1.54) is 0 Å². The van der Waals surface area contributed by atoms with E-state index in [-0.39, 0.29) is 59.1 Å². The van der Waals surface area contributed by atoms with Gasteiger partial charge in [0.25, 0.3) is 0 Å². The normalized spacial score (nSPS) is 12.0. The van der Waals surface area contributed by atoms with Crippen molar-refractivity contribution in [1.29, 1.82) is 0 Å². The van der Waals surface area contributed by atoms with E-state index in [0.717, 1.165) is 0 Å². The van der Waals surface area contributed by atoms with Crippen molar-refractivity contribution in [3.05, 3.63) is 60.7 Å². The Morgan fingerprint density at radius 3 is 1.24 bits per heavy atom. The Bertz CT molecular complexity index is 476. The van der Waals surface area contributed by atoms with Gasteiger partial charge in [0.05, 0.1) is 13.2 Å². The molecular weight excluding hydrogens is 401 g/mol. The van der Waals surface area contributed by atoms with E-state index in [9.17, 15) is 0 Å². The maximum atomic E-state index is 8.94. The molecule has 2 aromatic rings. The van der Waals surface area contributed by atoms with Gasteiger partial charge in [-0.15, -0.1) is 0 Å². The molecule has 0 aliphatic carbocycles. The zero-order valence-corrected chi connectivity index (χ0v) is 16.8. The summed E-state index contributed by atoms with van der Waals surface area (Å²) in [5.41, 5.74) is 0. The molecule has 2 rings (SSSR count). The van der Waals surface area contributed by atoms with Crippen LogP contribution in [0.2, 0.25) is 0 Å². The zero-order valence-electron chi connectivity index (χ0n) is 13.9. The second-order valence-electron chi connectivity index (χ2n) is 4.92. The molecule has 0 spiro atoms. The third-order valence-electron chi connectivity index (χ3n) is 2.79. The average molecular weight is 425 g/mol. The van der Waals surface area contributed by atoms with Gasteiger partial charge < -0.3 is 29.9 Å². The molecule has 0 saturated heterocycles. The Balaban J connectivity index is 0.000000443. The Labute approximate surface area is 172 Å². The van der Waals surface area contributed by atoms with Crippen LogP contribution >= 0.6 is 0 Å². The molecule has 25 heavy (non-hydrogen) atoms. The molecule has 0 amide bonds. The van der Waals surface area contributed by atoms with Crippen molar-refractivity contribution >= 4 is 0 Å². The first-order valence-electron chi connectivity index (χ1n) is 7.59. The van der Waals surface area contributed by atoms with E-state index in [1.807, 2.05) is 36.4 Å². The molecule has 2 unspecified atom stereocenters. The molecule has 4 N–H and O–H groups in total. The van der Waals surface area contributed by atoms with Crippen molar-refractivity contribution in [2.24, 2.45) is 0 Å². The average Bonchev–Trinajstić information content (AvgIpc) is 2.66. The number of hydrogen-bond acceptors (Lipinski definition) is 6. The van der Waals surface area contributed by atoms with Gasteiger partial charge in [-0.05, 0) is 24.3 Å². The molecule has 1 radical (unpaired) electrons. The summed E-state index contributed by atoms with van der Waals surface area (Å²) >= 11 is 0. The van der Waals surface area contributed by atoms with Crippen LogP contribution in [-0.4, -0.2) is 59.1 Å². The summed E-state index contributed by atoms with van der Waals surface area (Å²) in [5.74, 6) is 1.40. The van der Waals surface area contributed by atoms with E-state index in [0.29, 0.717) is 11.5 Å². The van der Waals surface area contributed by atoms with E-state index < -0.39 is 12.2 Å². The summed E-state index contributed by atoms with van der Waals surface area (Å²) < 4.78 is 10.3. The summed E-state index contributed by atoms with van der Waals surface area (Å²) in [6, 6.07) is 18.3. The van der Waals surface area contributed by atoms with Crippen molar-refractivity contribution in [3.8, 4) is 11.5 Å². The van der Waals surface area contributed by atoms with Gasteiger partial charge in [0.15, 0.2) is 0 Å². The standard InChI is InChI=1S/2C9H12O3.Y/c2*10-6-8(11)7-12-9-4-2-1-3-5-9;/h2*1-5,8,10-11H,6-7H2;. The molecule has 0 saturated carbocycles. The van der Waals surface area contributed by atoms with Crippen LogP contribution in [0.1, 0.15) is 0 Å². The van der Waals surface area contributed by atoms with E-state index in [1.54, 1.807) is 24.3 Å². The van der Waals surface area contributed by atoms with E-state index in [2.05, 4.69) is 0 Å². The smallest absolute Gasteiger partial charge is 0.119 e. The van der Waals surface area contributed by atoms with Gasteiger partial charge in [0.2, 0.25) is 0 Å². The molecular formula is C18H24O6Y. The van der Waals surface area contributed by atoms with Gasteiger partial charge >= 0.3 is 0 Å². The minimum atomic E-state index is -0.801. The second kappa shape index (κ2) is 15.3. The minimum absolute atomic E-state index is 0. The summed E-state index contributed by atoms with van der Waals surface area (Å²) in [6.45, 7) is -0.291. The predicted octanol–water partition coefficient (Wildman–Crippen LogP) is 0.835. The first-order valence-corrected chi connectivity index (χ1v) is 7.59. The number of benzene rings is 2. The quantitative estimate of drug-likeness (QED) is 0.500. The van der Waals surface area contributed by atoms with Crippen LogP contribution in [0.4, 0.5) is 0 Å². The van der Waals surface area contributed by atoms with Crippen LogP contribution in [0, 0.1) is 0 Å². The van der Waals surface area contributed by atoms with Crippen LogP contribution in [0.3, 0.4) is 0 Å². The molecule has 0 aromatic heterocycles. The Hall–Kier alpha value is -1.02. The molecule has 0 aliphatic rings. The largest absolute Gasteiger partial charge is 0.491 e. The molecule has 0 heterocycles. The van der Waals surface area contributed by atoms with Crippen LogP contribution in [-0.2, 0) is 32.7 Å². The van der Waals surface area contributed by atoms with Gasteiger partial charge in [-0.25, -0.2) is 0 Å². The summed E-state index contributed by atoms with van der Waals surface area (Å²) in [7, 11) is 0. The summed E-state index contributed by atoms with van der Waals surface area (Å²) in [6.07, 6.45) is -1.60. The number of rotatable bonds is 8. The van der Waals surface area contributed by atoms with Gasteiger partial charge in [0.1, 0.15) is 36.9 Å². The summed E-state index contributed by atoms with van der Waals surface area (Å²) in [4.78, 5) is 0. The molecule has 0 aliphatic heterocycles. The van der Waals surface area contributed by atoms with Crippen molar-refractivity contribution in [1.82, 2.24) is 0 Å². The van der Waals surface area contributed by atoms with Crippen molar-refractivity contribution in [2.75, 3.05) is 26.4 Å². The maximum absolute atomic E-state index is 8.94. The van der Waals surface area contributed by atoms with Crippen LogP contribution in [0.5, 0.6) is 11.5 Å². The molecule has 7 heteroatoms. The van der Waals surface area contributed by atoms with Gasteiger partial charge in [-0.1, -0.05) is 36.4 Å². The van der Waals surface area contributed by atoms with Crippen LogP contribution in [0.25, 0.3) is 0 Å². The number of aliphatic hydroxyl groups excluding tert-OH is 4. The topological polar surface area (TPSA) is 99.4 Å².